The third kappa shape index (κ3) is 2.90. The van der Waals surface area contributed by atoms with E-state index >= 15 is 0 Å². The minimum atomic E-state index is -0.942. The molecule has 1 heterocycles. The van der Waals surface area contributed by atoms with Crippen molar-refractivity contribution in [3.8, 4) is 5.69 Å². The standard InChI is InChI=1S/C15H15BrN2O3/c1-8(14(19)20)13-9(2)17-15(21)18(10(13)3)12-6-4-5-11(16)7-12/h4-8H,1-3H3,(H,19,20). The van der Waals surface area contributed by atoms with Gasteiger partial charge in [0.15, 0.2) is 0 Å². The second-order valence-electron chi connectivity index (χ2n) is 4.85. The molecule has 0 aliphatic rings. The molecule has 0 bridgehead atoms. The van der Waals surface area contributed by atoms with Gasteiger partial charge in [-0.3, -0.25) is 9.36 Å². The molecular formula is C15H15BrN2O3. The maximum Gasteiger partial charge on any atom is 0.352 e. The molecule has 2 aromatic rings. The molecule has 0 spiro atoms. The quantitative estimate of drug-likeness (QED) is 0.923. The van der Waals surface area contributed by atoms with Crippen LogP contribution < -0.4 is 5.69 Å². The largest absolute Gasteiger partial charge is 0.481 e. The van der Waals surface area contributed by atoms with Gasteiger partial charge in [-0.05, 0) is 39.0 Å². The Labute approximate surface area is 130 Å². The molecule has 0 radical (unpaired) electrons. The van der Waals surface area contributed by atoms with E-state index < -0.39 is 17.6 Å². The molecule has 110 valence electrons. The maximum atomic E-state index is 12.2. The minimum Gasteiger partial charge on any atom is -0.481 e. The van der Waals surface area contributed by atoms with Gasteiger partial charge in [0.2, 0.25) is 0 Å². The zero-order valence-corrected chi connectivity index (χ0v) is 13.5. The molecular weight excluding hydrogens is 336 g/mol. The predicted octanol–water partition coefficient (Wildman–Crippen LogP) is 2.80. The Balaban J connectivity index is 2.76. The van der Waals surface area contributed by atoms with Crippen LogP contribution in [0, 0.1) is 13.8 Å². The molecule has 21 heavy (non-hydrogen) atoms. The van der Waals surface area contributed by atoms with E-state index in [1.54, 1.807) is 32.9 Å². The maximum absolute atomic E-state index is 12.2. The number of carbonyl (C=O) groups is 1. The molecule has 0 aliphatic carbocycles. The van der Waals surface area contributed by atoms with E-state index in [4.69, 9.17) is 0 Å². The predicted molar refractivity (Wildman–Crippen MR) is 83.1 cm³/mol. The number of carboxylic acid groups (broad SMARTS) is 1. The summed E-state index contributed by atoms with van der Waals surface area (Å²) in [6, 6.07) is 7.24. The molecule has 0 amide bonds. The van der Waals surface area contributed by atoms with Gasteiger partial charge in [-0.15, -0.1) is 0 Å². The van der Waals surface area contributed by atoms with E-state index in [1.807, 2.05) is 12.1 Å². The van der Waals surface area contributed by atoms with Crippen LogP contribution in [0.4, 0.5) is 0 Å². The van der Waals surface area contributed by atoms with E-state index in [0.29, 0.717) is 22.6 Å². The molecule has 1 unspecified atom stereocenters. The third-order valence-electron chi connectivity index (χ3n) is 3.44. The molecule has 1 atom stereocenters. The highest BCUT2D eigenvalue weighted by Gasteiger charge is 2.22. The third-order valence-corrected chi connectivity index (χ3v) is 3.93. The van der Waals surface area contributed by atoms with E-state index in [-0.39, 0.29) is 0 Å². The van der Waals surface area contributed by atoms with Gasteiger partial charge >= 0.3 is 11.7 Å². The van der Waals surface area contributed by atoms with Crippen LogP contribution in [-0.4, -0.2) is 20.6 Å². The first-order valence-electron chi connectivity index (χ1n) is 6.41. The summed E-state index contributed by atoms with van der Waals surface area (Å²) in [5, 5.41) is 9.24. The first-order valence-corrected chi connectivity index (χ1v) is 7.21. The Morgan fingerprint density at radius 2 is 2.05 bits per heavy atom. The highest BCUT2D eigenvalue weighted by molar-refractivity contribution is 9.10. The lowest BCUT2D eigenvalue weighted by molar-refractivity contribution is -0.138. The Bertz CT molecular complexity index is 768. The van der Waals surface area contributed by atoms with Crippen LogP contribution in [-0.2, 0) is 4.79 Å². The van der Waals surface area contributed by atoms with Crippen molar-refractivity contribution >= 4 is 21.9 Å². The fourth-order valence-corrected chi connectivity index (χ4v) is 2.84. The molecule has 0 aliphatic heterocycles. The van der Waals surface area contributed by atoms with Gasteiger partial charge in [0.1, 0.15) is 0 Å². The molecule has 1 aromatic carbocycles. The number of aryl methyl sites for hydroxylation is 1. The molecule has 1 aromatic heterocycles. The highest BCUT2D eigenvalue weighted by Crippen LogP contribution is 2.24. The summed E-state index contributed by atoms with van der Waals surface area (Å²) < 4.78 is 2.27. The first kappa shape index (κ1) is 15.4. The number of rotatable bonds is 3. The molecule has 0 saturated carbocycles. The number of carboxylic acids is 1. The zero-order valence-electron chi connectivity index (χ0n) is 11.9. The van der Waals surface area contributed by atoms with E-state index in [0.717, 1.165) is 4.47 Å². The zero-order chi connectivity index (χ0) is 15.7. The molecule has 2 rings (SSSR count). The number of aromatic nitrogens is 2. The highest BCUT2D eigenvalue weighted by atomic mass is 79.9. The SMILES string of the molecule is Cc1nc(=O)n(-c2cccc(Br)c2)c(C)c1C(C)C(=O)O. The van der Waals surface area contributed by atoms with Gasteiger partial charge in [-0.1, -0.05) is 22.0 Å². The van der Waals surface area contributed by atoms with Gasteiger partial charge < -0.3 is 5.11 Å². The van der Waals surface area contributed by atoms with Gasteiger partial charge in [0.05, 0.1) is 11.6 Å². The van der Waals surface area contributed by atoms with E-state index in [1.165, 1.54) is 4.57 Å². The van der Waals surface area contributed by atoms with Crippen molar-refractivity contribution in [2.24, 2.45) is 0 Å². The summed E-state index contributed by atoms with van der Waals surface area (Å²) in [7, 11) is 0. The summed E-state index contributed by atoms with van der Waals surface area (Å²) in [5.41, 5.74) is 1.86. The fraction of sp³-hybridized carbons (Fsp3) is 0.267. The average Bonchev–Trinajstić information content (AvgIpc) is 2.37. The first-order chi connectivity index (χ1) is 9.82. The molecule has 0 saturated heterocycles. The van der Waals surface area contributed by atoms with Crippen molar-refractivity contribution in [3.63, 3.8) is 0 Å². The van der Waals surface area contributed by atoms with Crippen molar-refractivity contribution in [1.29, 1.82) is 0 Å². The lowest BCUT2D eigenvalue weighted by atomic mass is 9.98. The Morgan fingerprint density at radius 1 is 1.38 bits per heavy atom. The van der Waals surface area contributed by atoms with Crippen LogP contribution in [0.15, 0.2) is 33.5 Å². The topological polar surface area (TPSA) is 72.2 Å². The van der Waals surface area contributed by atoms with Crippen LogP contribution in [0.2, 0.25) is 0 Å². The van der Waals surface area contributed by atoms with E-state index in [9.17, 15) is 14.7 Å². The van der Waals surface area contributed by atoms with Crippen molar-refractivity contribution < 1.29 is 9.90 Å². The Hall–Kier alpha value is -1.95. The van der Waals surface area contributed by atoms with Crippen LogP contribution >= 0.6 is 15.9 Å². The number of hydrogen-bond acceptors (Lipinski definition) is 3. The van der Waals surface area contributed by atoms with Crippen LogP contribution in [0.1, 0.15) is 29.8 Å². The number of aliphatic carboxylic acids is 1. The summed E-state index contributed by atoms with van der Waals surface area (Å²) in [6.45, 7) is 5.00. The van der Waals surface area contributed by atoms with Gasteiger partial charge in [0, 0.05) is 21.4 Å². The van der Waals surface area contributed by atoms with E-state index in [2.05, 4.69) is 20.9 Å². The smallest absolute Gasteiger partial charge is 0.352 e. The lowest BCUT2D eigenvalue weighted by Gasteiger charge is -2.18. The van der Waals surface area contributed by atoms with Crippen molar-refractivity contribution in [2.45, 2.75) is 26.7 Å². The summed E-state index contributed by atoms with van der Waals surface area (Å²) in [4.78, 5) is 27.4. The molecule has 5 nitrogen and oxygen atoms in total. The van der Waals surface area contributed by atoms with Crippen molar-refractivity contribution in [3.05, 3.63) is 56.2 Å². The van der Waals surface area contributed by atoms with Gasteiger partial charge in [-0.2, -0.15) is 4.98 Å². The summed E-state index contributed by atoms with van der Waals surface area (Å²) >= 11 is 3.36. The normalized spacial score (nSPS) is 12.2. The second-order valence-corrected chi connectivity index (χ2v) is 5.77. The number of hydrogen-bond donors (Lipinski definition) is 1. The minimum absolute atomic E-state index is 0.413. The van der Waals surface area contributed by atoms with Crippen LogP contribution in [0.25, 0.3) is 5.69 Å². The lowest BCUT2D eigenvalue weighted by Crippen LogP contribution is -2.28. The Morgan fingerprint density at radius 3 is 2.62 bits per heavy atom. The molecule has 0 fully saturated rings. The van der Waals surface area contributed by atoms with Crippen LogP contribution in [0.5, 0.6) is 0 Å². The van der Waals surface area contributed by atoms with Gasteiger partial charge in [-0.25, -0.2) is 4.79 Å². The summed E-state index contributed by atoms with van der Waals surface area (Å²) in [6.07, 6.45) is 0. The number of nitrogens with zero attached hydrogens (tertiary/aromatic N) is 2. The fourth-order valence-electron chi connectivity index (χ4n) is 2.45. The van der Waals surface area contributed by atoms with Crippen LogP contribution in [0.3, 0.4) is 0 Å². The van der Waals surface area contributed by atoms with Crippen molar-refractivity contribution in [1.82, 2.24) is 9.55 Å². The molecule has 6 heteroatoms. The average molecular weight is 351 g/mol. The second kappa shape index (κ2) is 5.81. The summed E-state index contributed by atoms with van der Waals surface area (Å²) in [5.74, 6) is -1.67. The number of halogens is 1. The Kier molecular flexibility index (Phi) is 4.27. The van der Waals surface area contributed by atoms with Gasteiger partial charge in [0.25, 0.3) is 0 Å². The van der Waals surface area contributed by atoms with Crippen molar-refractivity contribution in [2.75, 3.05) is 0 Å². The monoisotopic (exact) mass is 350 g/mol. The molecule has 1 N–H and O–H groups in total. The number of benzene rings is 1.